The van der Waals surface area contributed by atoms with Crippen LogP contribution in [-0.2, 0) is 0 Å². The molecule has 0 unspecified atom stereocenters. The molecule has 0 amide bonds. The molecular formula is C25H42N2. The fourth-order valence-electron chi connectivity index (χ4n) is 5.03. The van der Waals surface area contributed by atoms with Gasteiger partial charge in [-0.2, -0.15) is 0 Å². The van der Waals surface area contributed by atoms with Crippen LogP contribution in [0.25, 0.3) is 0 Å². The van der Waals surface area contributed by atoms with Gasteiger partial charge in [0.1, 0.15) is 0 Å². The number of anilines is 2. The lowest BCUT2D eigenvalue weighted by molar-refractivity contribution is 0.410. The summed E-state index contributed by atoms with van der Waals surface area (Å²) in [6, 6.07) is 10.9. The first-order valence-corrected chi connectivity index (χ1v) is 12.0. The van der Waals surface area contributed by atoms with Crippen LogP contribution in [0.1, 0.15) is 103 Å². The molecule has 0 saturated heterocycles. The zero-order valence-electron chi connectivity index (χ0n) is 17.7. The van der Waals surface area contributed by atoms with Crippen molar-refractivity contribution in [2.24, 2.45) is 0 Å². The summed E-state index contributed by atoms with van der Waals surface area (Å²) in [7, 11) is 0. The molecule has 1 aromatic carbocycles. The van der Waals surface area contributed by atoms with Crippen molar-refractivity contribution in [3.8, 4) is 0 Å². The van der Waals surface area contributed by atoms with E-state index in [4.69, 9.17) is 0 Å². The van der Waals surface area contributed by atoms with Crippen LogP contribution in [0.4, 0.5) is 11.4 Å². The van der Waals surface area contributed by atoms with E-state index in [-0.39, 0.29) is 0 Å². The predicted octanol–water partition coefficient (Wildman–Crippen LogP) is 7.54. The summed E-state index contributed by atoms with van der Waals surface area (Å²) in [5.41, 5.74) is 2.77. The summed E-state index contributed by atoms with van der Waals surface area (Å²) in [6.07, 6.45) is 20.8. The van der Waals surface area contributed by atoms with E-state index < -0.39 is 0 Å². The number of unbranched alkanes of at least 4 members (excludes halogenated alkanes) is 4. The molecule has 152 valence electrons. The SMILES string of the molecule is CCCCCCCN(c1ccc(NC2CCCCC2)cc1)C1CCCCC1. The number of rotatable bonds is 10. The smallest absolute Gasteiger partial charge is 0.0370 e. The van der Waals surface area contributed by atoms with Crippen molar-refractivity contribution in [3.63, 3.8) is 0 Å². The lowest BCUT2D eigenvalue weighted by Crippen LogP contribution is -2.37. The topological polar surface area (TPSA) is 15.3 Å². The van der Waals surface area contributed by atoms with Gasteiger partial charge in [0, 0.05) is 30.0 Å². The lowest BCUT2D eigenvalue weighted by Gasteiger charge is -2.36. The first-order chi connectivity index (χ1) is 13.4. The highest BCUT2D eigenvalue weighted by molar-refractivity contribution is 5.56. The normalized spacial score (nSPS) is 19.1. The third-order valence-electron chi connectivity index (χ3n) is 6.69. The maximum Gasteiger partial charge on any atom is 0.0370 e. The Bertz CT molecular complexity index is 498. The van der Waals surface area contributed by atoms with Gasteiger partial charge in [0.2, 0.25) is 0 Å². The molecular weight excluding hydrogens is 328 g/mol. The van der Waals surface area contributed by atoms with Crippen molar-refractivity contribution in [1.82, 2.24) is 0 Å². The van der Waals surface area contributed by atoms with Crippen molar-refractivity contribution >= 4 is 11.4 Å². The molecule has 2 heteroatoms. The molecule has 0 spiro atoms. The van der Waals surface area contributed by atoms with Crippen LogP contribution >= 0.6 is 0 Å². The monoisotopic (exact) mass is 370 g/mol. The molecule has 1 N–H and O–H groups in total. The average molecular weight is 371 g/mol. The minimum atomic E-state index is 0.692. The van der Waals surface area contributed by atoms with Gasteiger partial charge in [-0.1, -0.05) is 71.1 Å². The molecule has 0 heterocycles. The van der Waals surface area contributed by atoms with Crippen LogP contribution in [0.2, 0.25) is 0 Å². The Morgan fingerprint density at radius 1 is 0.778 bits per heavy atom. The molecule has 0 atom stereocenters. The standard InChI is InChI=1S/C25H42N2/c1-2-3-4-5-12-21-27(24-15-10-7-11-16-24)25-19-17-23(18-20-25)26-22-13-8-6-9-14-22/h17-20,22,24,26H,2-16,21H2,1H3. The minimum absolute atomic E-state index is 0.692. The van der Waals surface area contributed by atoms with E-state index in [1.807, 2.05) is 0 Å². The summed E-state index contributed by atoms with van der Waals surface area (Å²) in [4.78, 5) is 2.75. The van der Waals surface area contributed by atoms with Gasteiger partial charge in [0.05, 0.1) is 0 Å². The summed E-state index contributed by atoms with van der Waals surface area (Å²) >= 11 is 0. The first kappa shape index (κ1) is 20.6. The largest absolute Gasteiger partial charge is 0.382 e. The van der Waals surface area contributed by atoms with E-state index in [0.717, 1.165) is 6.04 Å². The Morgan fingerprint density at radius 2 is 1.41 bits per heavy atom. The molecule has 3 rings (SSSR count). The molecule has 0 radical (unpaired) electrons. The highest BCUT2D eigenvalue weighted by atomic mass is 15.2. The van der Waals surface area contributed by atoms with Crippen LogP contribution in [0, 0.1) is 0 Å². The second-order valence-corrected chi connectivity index (χ2v) is 8.93. The molecule has 2 nitrogen and oxygen atoms in total. The molecule has 27 heavy (non-hydrogen) atoms. The number of benzene rings is 1. The van der Waals surface area contributed by atoms with Gasteiger partial charge >= 0.3 is 0 Å². The van der Waals surface area contributed by atoms with Crippen LogP contribution in [0.3, 0.4) is 0 Å². The molecule has 2 aliphatic carbocycles. The third kappa shape index (κ3) is 6.73. The van der Waals surface area contributed by atoms with E-state index in [2.05, 4.69) is 41.4 Å². The van der Waals surface area contributed by atoms with Crippen LogP contribution in [-0.4, -0.2) is 18.6 Å². The highest BCUT2D eigenvalue weighted by Gasteiger charge is 2.21. The maximum atomic E-state index is 3.77. The molecule has 0 aliphatic heterocycles. The zero-order valence-corrected chi connectivity index (χ0v) is 17.7. The fourth-order valence-corrected chi connectivity index (χ4v) is 5.03. The number of hydrogen-bond donors (Lipinski definition) is 1. The van der Waals surface area contributed by atoms with E-state index in [0.29, 0.717) is 6.04 Å². The van der Waals surface area contributed by atoms with Gasteiger partial charge in [-0.25, -0.2) is 0 Å². The van der Waals surface area contributed by atoms with Gasteiger partial charge in [-0.15, -0.1) is 0 Å². The lowest BCUT2D eigenvalue weighted by atomic mass is 9.93. The van der Waals surface area contributed by atoms with Crippen LogP contribution < -0.4 is 10.2 Å². The maximum absolute atomic E-state index is 3.77. The Labute approximate surface area is 168 Å². The average Bonchev–Trinajstić information content (AvgIpc) is 2.73. The number of nitrogens with zero attached hydrogens (tertiary/aromatic N) is 1. The Kier molecular flexibility index (Phi) is 8.84. The van der Waals surface area contributed by atoms with Crippen molar-refractivity contribution in [2.45, 2.75) is 115 Å². The molecule has 2 fully saturated rings. The molecule has 0 bridgehead atoms. The number of hydrogen-bond acceptors (Lipinski definition) is 2. The van der Waals surface area contributed by atoms with E-state index in [1.165, 1.54) is 114 Å². The third-order valence-corrected chi connectivity index (χ3v) is 6.69. The van der Waals surface area contributed by atoms with E-state index in [9.17, 15) is 0 Å². The Hall–Kier alpha value is -1.18. The van der Waals surface area contributed by atoms with Crippen molar-refractivity contribution in [1.29, 1.82) is 0 Å². The minimum Gasteiger partial charge on any atom is -0.382 e. The molecule has 1 aromatic rings. The summed E-state index contributed by atoms with van der Waals surface area (Å²) in [6.45, 7) is 3.54. The first-order valence-electron chi connectivity index (χ1n) is 12.0. The molecule has 2 saturated carbocycles. The van der Waals surface area contributed by atoms with Crippen molar-refractivity contribution < 1.29 is 0 Å². The Morgan fingerprint density at radius 3 is 2.07 bits per heavy atom. The van der Waals surface area contributed by atoms with Gasteiger partial charge in [0.25, 0.3) is 0 Å². The van der Waals surface area contributed by atoms with Crippen molar-refractivity contribution in [3.05, 3.63) is 24.3 Å². The van der Waals surface area contributed by atoms with Gasteiger partial charge in [0.15, 0.2) is 0 Å². The summed E-state index contributed by atoms with van der Waals surface area (Å²) < 4.78 is 0. The van der Waals surface area contributed by atoms with Gasteiger partial charge in [-0.3, -0.25) is 0 Å². The second-order valence-electron chi connectivity index (χ2n) is 8.93. The zero-order chi connectivity index (χ0) is 18.7. The highest BCUT2D eigenvalue weighted by Crippen LogP contribution is 2.29. The fraction of sp³-hybridized carbons (Fsp3) is 0.760. The van der Waals surface area contributed by atoms with Gasteiger partial charge in [-0.05, 0) is 56.4 Å². The Balaban J connectivity index is 1.58. The van der Waals surface area contributed by atoms with Crippen LogP contribution in [0.15, 0.2) is 24.3 Å². The van der Waals surface area contributed by atoms with Crippen molar-refractivity contribution in [2.75, 3.05) is 16.8 Å². The number of nitrogens with one attached hydrogen (secondary N) is 1. The van der Waals surface area contributed by atoms with E-state index >= 15 is 0 Å². The summed E-state index contributed by atoms with van der Waals surface area (Å²) in [5.74, 6) is 0. The predicted molar refractivity (Wildman–Crippen MR) is 120 cm³/mol. The quantitative estimate of drug-likeness (QED) is 0.428. The van der Waals surface area contributed by atoms with Gasteiger partial charge < -0.3 is 10.2 Å². The summed E-state index contributed by atoms with van der Waals surface area (Å²) in [5, 5.41) is 3.77. The second kappa shape index (κ2) is 11.6. The molecule has 0 aromatic heterocycles. The van der Waals surface area contributed by atoms with E-state index in [1.54, 1.807) is 0 Å². The molecule has 2 aliphatic rings. The van der Waals surface area contributed by atoms with Crippen LogP contribution in [0.5, 0.6) is 0 Å².